The zero-order chi connectivity index (χ0) is 14.6. The van der Waals surface area contributed by atoms with Crippen molar-refractivity contribution in [2.24, 2.45) is 5.92 Å². The molecule has 5 nitrogen and oxygen atoms in total. The van der Waals surface area contributed by atoms with E-state index >= 15 is 0 Å². The molecule has 5 heteroatoms. The van der Waals surface area contributed by atoms with E-state index in [1.807, 2.05) is 0 Å². The van der Waals surface area contributed by atoms with Gasteiger partial charge in [-0.05, 0) is 38.3 Å². The number of carbonyl (C=O) groups is 2. The lowest BCUT2D eigenvalue weighted by Crippen LogP contribution is -2.48. The molecule has 2 N–H and O–H groups in total. The number of rotatable bonds is 6. The summed E-state index contributed by atoms with van der Waals surface area (Å²) in [6, 6.07) is -0.195. The molecule has 0 radical (unpaired) electrons. The van der Waals surface area contributed by atoms with Gasteiger partial charge < -0.3 is 10.6 Å². The summed E-state index contributed by atoms with van der Waals surface area (Å²) in [4.78, 5) is 26.1. The van der Waals surface area contributed by atoms with Crippen molar-refractivity contribution in [2.45, 2.75) is 57.9 Å². The van der Waals surface area contributed by atoms with Crippen molar-refractivity contribution >= 4 is 11.9 Å². The second-order valence-corrected chi connectivity index (χ2v) is 6.30. The summed E-state index contributed by atoms with van der Waals surface area (Å²) in [5, 5.41) is 6.30. The fraction of sp³-hybridized carbons (Fsp3) is 0.867. The number of hydrogen-bond acceptors (Lipinski definition) is 3. The monoisotopic (exact) mass is 281 g/mol. The molecule has 0 bridgehead atoms. The molecule has 0 aromatic carbocycles. The Morgan fingerprint density at radius 3 is 2.65 bits per heavy atom. The maximum Gasteiger partial charge on any atom is 0.325 e. The number of amides is 3. The largest absolute Gasteiger partial charge is 0.325 e. The molecule has 20 heavy (non-hydrogen) atoms. The Labute approximate surface area is 121 Å². The molecular formula is C15H27N3O2. The zero-order valence-corrected chi connectivity index (χ0v) is 12.7. The van der Waals surface area contributed by atoms with Gasteiger partial charge >= 0.3 is 6.03 Å². The summed E-state index contributed by atoms with van der Waals surface area (Å²) in [5.74, 6) is 0.291. The molecule has 0 aromatic heterocycles. The minimum Gasteiger partial charge on any atom is -0.323 e. The van der Waals surface area contributed by atoms with Gasteiger partial charge in [-0.1, -0.05) is 33.1 Å². The quantitative estimate of drug-likeness (QED) is 0.577. The van der Waals surface area contributed by atoms with Gasteiger partial charge in [0.05, 0.1) is 0 Å². The fourth-order valence-corrected chi connectivity index (χ4v) is 3.24. The normalized spacial score (nSPS) is 23.2. The standard InChI is InChI=1S/C15H27N3O2/c1-3-9-16-10-12(2)11-18-13(19)15(17-14(18)20)7-5-4-6-8-15/h12,16H,3-11H2,1-2H3,(H,17,20). The van der Waals surface area contributed by atoms with Crippen LogP contribution in [0.25, 0.3) is 0 Å². The molecule has 1 aliphatic carbocycles. The molecule has 1 atom stereocenters. The van der Waals surface area contributed by atoms with Crippen LogP contribution in [0.1, 0.15) is 52.4 Å². The molecule has 1 unspecified atom stereocenters. The lowest BCUT2D eigenvalue weighted by Gasteiger charge is -2.30. The van der Waals surface area contributed by atoms with Gasteiger partial charge in [0.15, 0.2) is 0 Å². The van der Waals surface area contributed by atoms with Crippen molar-refractivity contribution in [3.8, 4) is 0 Å². The third-order valence-corrected chi connectivity index (χ3v) is 4.37. The van der Waals surface area contributed by atoms with Crippen LogP contribution in [0, 0.1) is 5.92 Å². The maximum atomic E-state index is 12.6. The average Bonchev–Trinajstić information content (AvgIpc) is 2.65. The fourth-order valence-electron chi connectivity index (χ4n) is 3.24. The van der Waals surface area contributed by atoms with Crippen LogP contribution in [0.5, 0.6) is 0 Å². The summed E-state index contributed by atoms with van der Waals surface area (Å²) in [5.41, 5.74) is -0.577. The number of urea groups is 1. The van der Waals surface area contributed by atoms with E-state index in [0.29, 0.717) is 6.54 Å². The summed E-state index contributed by atoms with van der Waals surface area (Å²) < 4.78 is 0. The topological polar surface area (TPSA) is 61.4 Å². The van der Waals surface area contributed by atoms with E-state index in [1.165, 1.54) is 11.3 Å². The number of hydrogen-bond donors (Lipinski definition) is 2. The molecule has 1 saturated carbocycles. The Balaban J connectivity index is 1.91. The smallest absolute Gasteiger partial charge is 0.323 e. The van der Waals surface area contributed by atoms with Gasteiger partial charge in [-0.15, -0.1) is 0 Å². The van der Waals surface area contributed by atoms with Crippen molar-refractivity contribution in [1.29, 1.82) is 0 Å². The molecule has 3 amide bonds. The van der Waals surface area contributed by atoms with Crippen LogP contribution < -0.4 is 10.6 Å². The molecule has 2 fully saturated rings. The summed E-state index contributed by atoms with van der Waals surface area (Å²) in [6.45, 7) is 6.55. The lowest BCUT2D eigenvalue weighted by atomic mass is 9.81. The highest BCUT2D eigenvalue weighted by atomic mass is 16.2. The Morgan fingerprint density at radius 2 is 2.00 bits per heavy atom. The van der Waals surface area contributed by atoms with Gasteiger partial charge in [0.1, 0.15) is 5.54 Å². The molecule has 114 valence electrons. The predicted octanol–water partition coefficient (Wildman–Crippen LogP) is 1.88. The van der Waals surface area contributed by atoms with E-state index in [-0.39, 0.29) is 17.9 Å². The van der Waals surface area contributed by atoms with Crippen molar-refractivity contribution < 1.29 is 9.59 Å². The summed E-state index contributed by atoms with van der Waals surface area (Å²) >= 11 is 0. The number of nitrogens with one attached hydrogen (secondary N) is 2. The van der Waals surface area contributed by atoms with Gasteiger partial charge in [-0.3, -0.25) is 9.69 Å². The van der Waals surface area contributed by atoms with E-state index in [4.69, 9.17) is 0 Å². The Hall–Kier alpha value is -1.10. The van der Waals surface area contributed by atoms with E-state index in [2.05, 4.69) is 24.5 Å². The highest BCUT2D eigenvalue weighted by molar-refractivity contribution is 6.07. The van der Waals surface area contributed by atoms with Crippen molar-refractivity contribution in [1.82, 2.24) is 15.5 Å². The Bertz CT molecular complexity index is 364. The van der Waals surface area contributed by atoms with Crippen LogP contribution in [-0.2, 0) is 4.79 Å². The van der Waals surface area contributed by atoms with Crippen LogP contribution in [0.3, 0.4) is 0 Å². The SMILES string of the molecule is CCCNCC(C)CN1C(=O)NC2(CCCCC2)C1=O. The third kappa shape index (κ3) is 3.14. The van der Waals surface area contributed by atoms with Crippen LogP contribution in [0.4, 0.5) is 4.79 Å². The average molecular weight is 281 g/mol. The molecule has 1 saturated heterocycles. The Morgan fingerprint density at radius 1 is 1.30 bits per heavy atom. The van der Waals surface area contributed by atoms with Gasteiger partial charge in [-0.25, -0.2) is 4.79 Å². The van der Waals surface area contributed by atoms with Crippen molar-refractivity contribution in [3.63, 3.8) is 0 Å². The van der Waals surface area contributed by atoms with Crippen LogP contribution >= 0.6 is 0 Å². The first-order valence-corrected chi connectivity index (χ1v) is 7.94. The zero-order valence-electron chi connectivity index (χ0n) is 12.7. The van der Waals surface area contributed by atoms with Gasteiger partial charge in [0, 0.05) is 6.54 Å². The van der Waals surface area contributed by atoms with E-state index < -0.39 is 5.54 Å². The highest BCUT2D eigenvalue weighted by Crippen LogP contribution is 2.33. The van der Waals surface area contributed by atoms with Gasteiger partial charge in [0.25, 0.3) is 5.91 Å². The summed E-state index contributed by atoms with van der Waals surface area (Å²) in [7, 11) is 0. The third-order valence-electron chi connectivity index (χ3n) is 4.37. The lowest BCUT2D eigenvalue weighted by molar-refractivity contribution is -0.132. The molecule has 0 aromatic rings. The first kappa shape index (κ1) is 15.3. The van der Waals surface area contributed by atoms with E-state index in [1.54, 1.807) is 0 Å². The predicted molar refractivity (Wildman–Crippen MR) is 78.4 cm³/mol. The highest BCUT2D eigenvalue weighted by Gasteiger charge is 2.51. The number of carbonyl (C=O) groups excluding carboxylic acids is 2. The first-order valence-electron chi connectivity index (χ1n) is 7.94. The second kappa shape index (κ2) is 6.57. The molecule has 1 aliphatic heterocycles. The van der Waals surface area contributed by atoms with E-state index in [0.717, 1.165) is 45.2 Å². The molecule has 2 rings (SSSR count). The number of imide groups is 1. The van der Waals surface area contributed by atoms with Crippen molar-refractivity contribution in [3.05, 3.63) is 0 Å². The van der Waals surface area contributed by atoms with Crippen LogP contribution in [0.2, 0.25) is 0 Å². The van der Waals surface area contributed by atoms with Crippen molar-refractivity contribution in [2.75, 3.05) is 19.6 Å². The molecule has 2 aliphatic rings. The first-order chi connectivity index (χ1) is 9.59. The minimum atomic E-state index is -0.577. The maximum absolute atomic E-state index is 12.6. The number of nitrogens with zero attached hydrogens (tertiary/aromatic N) is 1. The molecular weight excluding hydrogens is 254 g/mol. The van der Waals surface area contributed by atoms with Gasteiger partial charge in [-0.2, -0.15) is 0 Å². The summed E-state index contributed by atoms with van der Waals surface area (Å²) in [6.07, 6.45) is 5.94. The molecule has 1 heterocycles. The molecule has 1 spiro atoms. The minimum absolute atomic E-state index is 0.00421. The van der Waals surface area contributed by atoms with E-state index in [9.17, 15) is 9.59 Å². The van der Waals surface area contributed by atoms with Crippen LogP contribution in [0.15, 0.2) is 0 Å². The van der Waals surface area contributed by atoms with Crippen LogP contribution in [-0.4, -0.2) is 42.0 Å². The second-order valence-electron chi connectivity index (χ2n) is 6.30. The van der Waals surface area contributed by atoms with Gasteiger partial charge in [0.2, 0.25) is 0 Å². The Kier molecular flexibility index (Phi) is 5.02.